The van der Waals surface area contributed by atoms with Crippen molar-refractivity contribution in [2.75, 3.05) is 0 Å². The molecule has 0 bridgehead atoms. The maximum Gasteiger partial charge on any atom is 0.139 e. The van der Waals surface area contributed by atoms with E-state index in [0.717, 1.165) is 38.5 Å². The first-order valence-corrected chi connectivity index (χ1v) is 8.83. The minimum Gasteiger partial charge on any atom is -0.299 e. The van der Waals surface area contributed by atoms with Crippen LogP contribution in [0.2, 0.25) is 0 Å². The molecule has 0 heterocycles. The SMILES string of the molecule is CC#Cc1cc2c(cc1F)CCC1C2CCC2(C)C(=O)CCC12. The van der Waals surface area contributed by atoms with Crippen LogP contribution < -0.4 is 0 Å². The Bertz CT molecular complexity index is 738. The fraction of sp³-hybridized carbons (Fsp3) is 0.571. The van der Waals surface area contributed by atoms with Gasteiger partial charge in [-0.15, -0.1) is 5.92 Å². The standard InChI is InChI=1S/C21H23FO/c1-3-4-14-11-17-13(12-19(14)22)5-6-16-15(17)9-10-21(2)18(16)7-8-20(21)23/h11-12,15-16,18H,5-10H2,1-2H3. The van der Waals surface area contributed by atoms with E-state index in [-0.39, 0.29) is 11.2 Å². The molecule has 1 aromatic rings. The molecule has 2 saturated carbocycles. The van der Waals surface area contributed by atoms with Crippen LogP contribution in [0.1, 0.15) is 68.6 Å². The van der Waals surface area contributed by atoms with Gasteiger partial charge in [0.2, 0.25) is 0 Å². The molecule has 23 heavy (non-hydrogen) atoms. The molecule has 0 aliphatic heterocycles. The Balaban J connectivity index is 1.75. The van der Waals surface area contributed by atoms with Gasteiger partial charge >= 0.3 is 0 Å². The second-order valence-electron chi connectivity index (χ2n) is 7.74. The molecule has 0 aromatic heterocycles. The van der Waals surface area contributed by atoms with E-state index in [2.05, 4.69) is 18.8 Å². The Hall–Kier alpha value is -1.62. The van der Waals surface area contributed by atoms with Crippen LogP contribution in [0.15, 0.2) is 12.1 Å². The summed E-state index contributed by atoms with van der Waals surface area (Å²) in [6.07, 6.45) is 5.89. The van der Waals surface area contributed by atoms with Gasteiger partial charge in [0, 0.05) is 11.8 Å². The summed E-state index contributed by atoms with van der Waals surface area (Å²) in [5.41, 5.74) is 2.91. The first kappa shape index (κ1) is 14.9. The molecule has 2 heteroatoms. The maximum atomic E-state index is 14.2. The van der Waals surface area contributed by atoms with Crippen molar-refractivity contribution < 1.29 is 9.18 Å². The number of aryl methyl sites for hydroxylation is 1. The zero-order valence-electron chi connectivity index (χ0n) is 13.9. The zero-order valence-corrected chi connectivity index (χ0v) is 13.9. The molecule has 4 unspecified atom stereocenters. The molecule has 4 atom stereocenters. The van der Waals surface area contributed by atoms with Gasteiger partial charge in [-0.3, -0.25) is 4.79 Å². The highest BCUT2D eigenvalue weighted by Gasteiger charge is 2.54. The first-order chi connectivity index (χ1) is 11.0. The molecule has 3 aliphatic carbocycles. The van der Waals surface area contributed by atoms with Crippen molar-refractivity contribution in [2.45, 2.75) is 58.3 Å². The first-order valence-electron chi connectivity index (χ1n) is 8.83. The number of fused-ring (bicyclic) bond motifs is 5. The van der Waals surface area contributed by atoms with Crippen LogP contribution in [0.5, 0.6) is 0 Å². The molecule has 0 spiro atoms. The third-order valence-corrected chi connectivity index (χ3v) is 6.78. The number of benzene rings is 1. The number of carbonyl (C=O) groups is 1. The van der Waals surface area contributed by atoms with Gasteiger partial charge in [-0.05, 0) is 80.0 Å². The second-order valence-corrected chi connectivity index (χ2v) is 7.74. The van der Waals surface area contributed by atoms with E-state index in [1.54, 1.807) is 13.0 Å². The summed E-state index contributed by atoms with van der Waals surface area (Å²) < 4.78 is 14.2. The van der Waals surface area contributed by atoms with Crippen molar-refractivity contribution in [3.05, 3.63) is 34.6 Å². The van der Waals surface area contributed by atoms with Gasteiger partial charge in [0.05, 0.1) is 5.56 Å². The van der Waals surface area contributed by atoms with Crippen molar-refractivity contribution in [3.8, 4) is 11.8 Å². The molecular formula is C21H23FO. The van der Waals surface area contributed by atoms with E-state index in [1.807, 2.05) is 6.07 Å². The third kappa shape index (κ3) is 2.09. The lowest BCUT2D eigenvalue weighted by atomic mass is 9.55. The zero-order chi connectivity index (χ0) is 16.2. The molecule has 0 saturated heterocycles. The Kier molecular flexibility index (Phi) is 3.38. The molecular weight excluding hydrogens is 287 g/mol. The summed E-state index contributed by atoms with van der Waals surface area (Å²) in [6.45, 7) is 3.94. The van der Waals surface area contributed by atoms with Crippen LogP contribution in [-0.4, -0.2) is 5.78 Å². The molecule has 0 N–H and O–H groups in total. The summed E-state index contributed by atoms with van der Waals surface area (Å²) in [5.74, 6) is 7.60. The van der Waals surface area contributed by atoms with Crippen LogP contribution >= 0.6 is 0 Å². The highest BCUT2D eigenvalue weighted by atomic mass is 19.1. The van der Waals surface area contributed by atoms with Gasteiger partial charge in [0.1, 0.15) is 11.6 Å². The average Bonchev–Trinajstić information content (AvgIpc) is 2.84. The largest absolute Gasteiger partial charge is 0.299 e. The third-order valence-electron chi connectivity index (χ3n) is 6.78. The number of hydrogen-bond acceptors (Lipinski definition) is 1. The maximum absolute atomic E-state index is 14.2. The number of hydrogen-bond donors (Lipinski definition) is 0. The Morgan fingerprint density at radius 1 is 1.22 bits per heavy atom. The average molecular weight is 310 g/mol. The normalized spacial score (nSPS) is 34.9. The summed E-state index contributed by atoms with van der Waals surface area (Å²) >= 11 is 0. The predicted molar refractivity (Wildman–Crippen MR) is 88.6 cm³/mol. The number of carbonyl (C=O) groups excluding carboxylic acids is 1. The van der Waals surface area contributed by atoms with E-state index in [4.69, 9.17) is 0 Å². The van der Waals surface area contributed by atoms with Crippen LogP contribution in [0.3, 0.4) is 0 Å². The van der Waals surface area contributed by atoms with Gasteiger partial charge in [0.15, 0.2) is 0 Å². The molecule has 1 nitrogen and oxygen atoms in total. The van der Waals surface area contributed by atoms with Crippen molar-refractivity contribution >= 4 is 5.78 Å². The molecule has 4 rings (SSSR count). The van der Waals surface area contributed by atoms with Gasteiger partial charge in [-0.2, -0.15) is 0 Å². The van der Waals surface area contributed by atoms with Crippen molar-refractivity contribution in [3.63, 3.8) is 0 Å². The number of halogens is 1. The van der Waals surface area contributed by atoms with E-state index < -0.39 is 0 Å². The number of Topliss-reactive ketones (excluding diaryl/α,β-unsaturated/α-hetero) is 1. The fourth-order valence-electron chi connectivity index (χ4n) is 5.59. The number of ketones is 1. The van der Waals surface area contributed by atoms with E-state index in [9.17, 15) is 9.18 Å². The molecule has 1 aromatic carbocycles. The summed E-state index contributed by atoms with van der Waals surface area (Å²) in [5, 5.41) is 0. The molecule has 0 amide bonds. The lowest BCUT2D eigenvalue weighted by molar-refractivity contribution is -0.129. The summed E-state index contributed by atoms with van der Waals surface area (Å²) in [7, 11) is 0. The molecule has 2 fully saturated rings. The van der Waals surface area contributed by atoms with Crippen LogP contribution in [0, 0.1) is 34.9 Å². The van der Waals surface area contributed by atoms with Crippen molar-refractivity contribution in [2.24, 2.45) is 17.3 Å². The van der Waals surface area contributed by atoms with Crippen molar-refractivity contribution in [1.29, 1.82) is 0 Å². The highest BCUT2D eigenvalue weighted by molar-refractivity contribution is 5.87. The second kappa shape index (κ2) is 5.20. The quantitative estimate of drug-likeness (QED) is 0.639. The Morgan fingerprint density at radius 2 is 2.04 bits per heavy atom. The van der Waals surface area contributed by atoms with Gasteiger partial charge < -0.3 is 0 Å². The lowest BCUT2D eigenvalue weighted by Crippen LogP contribution is -2.42. The monoisotopic (exact) mass is 310 g/mol. The van der Waals surface area contributed by atoms with E-state index in [0.29, 0.717) is 29.1 Å². The van der Waals surface area contributed by atoms with Gasteiger partial charge in [0.25, 0.3) is 0 Å². The van der Waals surface area contributed by atoms with Crippen LogP contribution in [-0.2, 0) is 11.2 Å². The minimum absolute atomic E-state index is 0.0925. The Labute approximate surface area is 137 Å². The predicted octanol–water partition coefficient (Wildman–Crippen LogP) is 4.62. The van der Waals surface area contributed by atoms with Gasteiger partial charge in [-0.1, -0.05) is 12.8 Å². The lowest BCUT2D eigenvalue weighted by Gasteiger charge is -2.48. The van der Waals surface area contributed by atoms with Crippen molar-refractivity contribution in [1.82, 2.24) is 0 Å². The number of rotatable bonds is 0. The smallest absolute Gasteiger partial charge is 0.139 e. The molecule has 3 aliphatic rings. The molecule has 0 radical (unpaired) electrons. The van der Waals surface area contributed by atoms with Crippen LogP contribution in [0.25, 0.3) is 0 Å². The fourth-order valence-corrected chi connectivity index (χ4v) is 5.59. The minimum atomic E-state index is -0.187. The van der Waals surface area contributed by atoms with Gasteiger partial charge in [-0.25, -0.2) is 4.39 Å². The summed E-state index contributed by atoms with van der Waals surface area (Å²) in [4.78, 5) is 12.4. The Morgan fingerprint density at radius 3 is 2.83 bits per heavy atom. The molecule has 120 valence electrons. The summed E-state index contributed by atoms with van der Waals surface area (Å²) in [6, 6.07) is 3.70. The van der Waals surface area contributed by atoms with Crippen LogP contribution in [0.4, 0.5) is 4.39 Å². The van der Waals surface area contributed by atoms with E-state index >= 15 is 0 Å². The highest BCUT2D eigenvalue weighted by Crippen LogP contribution is 2.59. The van der Waals surface area contributed by atoms with E-state index in [1.165, 1.54) is 11.1 Å². The topological polar surface area (TPSA) is 17.1 Å².